The average molecular weight is 414 g/mol. The number of likely N-dealkylation sites (N-methyl/N-ethyl adjacent to an activating group) is 1. The van der Waals surface area contributed by atoms with Crippen LogP contribution in [-0.4, -0.2) is 50.1 Å². The number of benzene rings is 2. The van der Waals surface area contributed by atoms with Crippen LogP contribution in [0.3, 0.4) is 0 Å². The van der Waals surface area contributed by atoms with E-state index in [0.717, 1.165) is 38.0 Å². The molecule has 1 N–H and O–H groups in total. The third-order valence-corrected chi connectivity index (χ3v) is 5.60. The van der Waals surface area contributed by atoms with E-state index in [1.807, 2.05) is 31.2 Å². The van der Waals surface area contributed by atoms with Crippen LogP contribution in [0.1, 0.15) is 43.5 Å². The largest absolute Gasteiger partial charge is 0.488 e. The fraction of sp³-hybridized carbons (Fsp3) is 0.458. The summed E-state index contributed by atoms with van der Waals surface area (Å²) in [5.41, 5.74) is 2.09. The number of anilines is 2. The van der Waals surface area contributed by atoms with Crippen LogP contribution in [0, 0.1) is 5.82 Å². The molecule has 5 nitrogen and oxygen atoms in total. The summed E-state index contributed by atoms with van der Waals surface area (Å²) in [4.78, 5) is 17.1. The van der Waals surface area contributed by atoms with Crippen molar-refractivity contribution in [2.75, 3.05) is 37.4 Å². The lowest BCUT2D eigenvalue weighted by Gasteiger charge is -2.22. The molecule has 6 heteroatoms. The Morgan fingerprint density at radius 1 is 1.27 bits per heavy atom. The number of nitrogens with zero attached hydrogens (tertiary/aromatic N) is 2. The van der Waals surface area contributed by atoms with Crippen molar-refractivity contribution in [3.8, 4) is 5.75 Å². The molecule has 2 atom stereocenters. The van der Waals surface area contributed by atoms with Gasteiger partial charge >= 0.3 is 0 Å². The topological polar surface area (TPSA) is 44.8 Å². The number of rotatable bonds is 8. The van der Waals surface area contributed by atoms with E-state index in [9.17, 15) is 9.18 Å². The molecule has 0 radical (unpaired) electrons. The van der Waals surface area contributed by atoms with Gasteiger partial charge < -0.3 is 19.9 Å². The quantitative estimate of drug-likeness (QED) is 0.676. The molecule has 0 aromatic heterocycles. The monoisotopic (exact) mass is 413 g/mol. The van der Waals surface area contributed by atoms with Crippen LogP contribution in [0.5, 0.6) is 5.75 Å². The maximum absolute atomic E-state index is 14.3. The minimum absolute atomic E-state index is 0.0636. The molecule has 0 spiro atoms. The third-order valence-electron chi connectivity index (χ3n) is 5.60. The first-order valence-corrected chi connectivity index (χ1v) is 10.7. The van der Waals surface area contributed by atoms with Gasteiger partial charge in [0.1, 0.15) is 0 Å². The van der Waals surface area contributed by atoms with E-state index in [0.29, 0.717) is 11.7 Å². The van der Waals surface area contributed by atoms with Gasteiger partial charge in [0, 0.05) is 36.1 Å². The molecule has 162 valence electrons. The van der Waals surface area contributed by atoms with Gasteiger partial charge in [-0.3, -0.25) is 4.79 Å². The number of halogens is 1. The van der Waals surface area contributed by atoms with Crippen LogP contribution >= 0.6 is 0 Å². The highest BCUT2D eigenvalue weighted by Crippen LogP contribution is 2.25. The van der Waals surface area contributed by atoms with Crippen LogP contribution in [-0.2, 0) is 0 Å². The lowest BCUT2D eigenvalue weighted by molar-refractivity contribution is 0.102. The molecular weight excluding hydrogens is 381 g/mol. The molecule has 2 aromatic carbocycles. The number of nitrogens with one attached hydrogen (secondary N) is 1. The van der Waals surface area contributed by atoms with Crippen molar-refractivity contribution in [2.45, 2.75) is 45.3 Å². The second-order valence-corrected chi connectivity index (χ2v) is 8.22. The van der Waals surface area contributed by atoms with Crippen LogP contribution in [0.25, 0.3) is 0 Å². The number of ether oxygens (including phenoxy) is 1. The number of hydrogen-bond donors (Lipinski definition) is 1. The Balaban J connectivity index is 1.60. The summed E-state index contributed by atoms with van der Waals surface area (Å²) in [6, 6.07) is 12.7. The summed E-state index contributed by atoms with van der Waals surface area (Å²) in [5, 5.41) is 2.84. The van der Waals surface area contributed by atoms with Crippen LogP contribution in [0.15, 0.2) is 42.5 Å². The Bertz CT molecular complexity index is 854. The summed E-state index contributed by atoms with van der Waals surface area (Å²) in [5.74, 6) is -0.687. The zero-order chi connectivity index (χ0) is 21.7. The lowest BCUT2D eigenvalue weighted by atomic mass is 10.1. The molecule has 1 amide bonds. The normalized spacial score (nSPS) is 17.3. The van der Waals surface area contributed by atoms with Crippen LogP contribution in [0.4, 0.5) is 15.8 Å². The fourth-order valence-corrected chi connectivity index (χ4v) is 3.78. The summed E-state index contributed by atoms with van der Waals surface area (Å²) in [6.45, 7) is 6.00. The number of carbonyl (C=O) groups excluding carboxylic acids is 1. The van der Waals surface area contributed by atoms with Crippen molar-refractivity contribution in [3.05, 3.63) is 53.8 Å². The predicted octanol–water partition coefficient (Wildman–Crippen LogP) is 4.79. The van der Waals surface area contributed by atoms with Gasteiger partial charge in [0.15, 0.2) is 11.6 Å². The molecule has 0 saturated carbocycles. The summed E-state index contributed by atoms with van der Waals surface area (Å²) < 4.78 is 20.0. The van der Waals surface area contributed by atoms with Gasteiger partial charge in [-0.1, -0.05) is 13.3 Å². The van der Waals surface area contributed by atoms with Crippen LogP contribution < -0.4 is 15.0 Å². The Kier molecular flexibility index (Phi) is 7.32. The fourth-order valence-electron chi connectivity index (χ4n) is 3.78. The first-order chi connectivity index (χ1) is 14.4. The maximum atomic E-state index is 14.3. The zero-order valence-corrected chi connectivity index (χ0v) is 18.3. The summed E-state index contributed by atoms with van der Waals surface area (Å²) in [6.07, 6.45) is 2.90. The first kappa shape index (κ1) is 22.1. The van der Waals surface area contributed by atoms with Gasteiger partial charge in [-0.25, -0.2) is 4.39 Å². The van der Waals surface area contributed by atoms with Gasteiger partial charge in [0.05, 0.1) is 6.10 Å². The second-order valence-electron chi connectivity index (χ2n) is 8.22. The van der Waals surface area contributed by atoms with Gasteiger partial charge in [0.2, 0.25) is 0 Å². The van der Waals surface area contributed by atoms with Crippen molar-refractivity contribution >= 4 is 17.3 Å². The molecule has 0 aliphatic carbocycles. The number of hydrogen-bond acceptors (Lipinski definition) is 4. The highest BCUT2D eigenvalue weighted by atomic mass is 19.1. The van der Waals surface area contributed by atoms with E-state index in [2.05, 4.69) is 36.1 Å². The molecule has 1 fully saturated rings. The Morgan fingerprint density at radius 3 is 2.60 bits per heavy atom. The molecule has 2 aromatic rings. The van der Waals surface area contributed by atoms with Gasteiger partial charge in [0.25, 0.3) is 5.91 Å². The molecule has 2 unspecified atom stereocenters. The third kappa shape index (κ3) is 5.51. The molecule has 1 saturated heterocycles. The zero-order valence-electron chi connectivity index (χ0n) is 18.3. The van der Waals surface area contributed by atoms with Gasteiger partial charge in [-0.05, 0) is 76.3 Å². The standard InChI is InChI=1S/C24H32FN3O2/c1-5-6-17(2)30-23-12-7-18(15-22(23)25)24(29)26-19-8-10-20(11-9-19)28-14-13-21(16-28)27(3)4/h7-12,15,17,21H,5-6,13-14,16H2,1-4H3,(H,26,29). The summed E-state index contributed by atoms with van der Waals surface area (Å²) >= 11 is 0. The smallest absolute Gasteiger partial charge is 0.255 e. The van der Waals surface area contributed by atoms with Gasteiger partial charge in [-0.15, -0.1) is 0 Å². The van der Waals surface area contributed by atoms with E-state index >= 15 is 0 Å². The number of carbonyl (C=O) groups is 1. The summed E-state index contributed by atoms with van der Waals surface area (Å²) in [7, 11) is 4.22. The first-order valence-electron chi connectivity index (χ1n) is 10.7. The molecule has 3 rings (SSSR count). The van der Waals surface area contributed by atoms with Crippen molar-refractivity contribution in [2.24, 2.45) is 0 Å². The Hall–Kier alpha value is -2.60. The maximum Gasteiger partial charge on any atom is 0.255 e. The minimum atomic E-state index is -0.523. The molecule has 0 bridgehead atoms. The average Bonchev–Trinajstić information content (AvgIpc) is 3.21. The molecular formula is C24H32FN3O2. The number of amides is 1. The van der Waals surface area contributed by atoms with Crippen molar-refractivity contribution in [3.63, 3.8) is 0 Å². The highest BCUT2D eigenvalue weighted by molar-refractivity contribution is 6.04. The van der Waals surface area contributed by atoms with E-state index in [-0.39, 0.29) is 23.3 Å². The SMILES string of the molecule is CCCC(C)Oc1ccc(C(=O)Nc2ccc(N3CCC(N(C)C)C3)cc2)cc1F. The van der Waals surface area contributed by atoms with E-state index < -0.39 is 5.82 Å². The second kappa shape index (κ2) is 9.94. The molecule has 1 aliphatic rings. The highest BCUT2D eigenvalue weighted by Gasteiger charge is 2.24. The lowest BCUT2D eigenvalue weighted by Crippen LogP contribution is -2.31. The Morgan fingerprint density at radius 2 is 2.00 bits per heavy atom. The van der Waals surface area contributed by atoms with E-state index in [4.69, 9.17) is 4.74 Å². The minimum Gasteiger partial charge on any atom is -0.488 e. The predicted molar refractivity (Wildman–Crippen MR) is 120 cm³/mol. The molecule has 1 heterocycles. The van der Waals surface area contributed by atoms with Crippen molar-refractivity contribution in [1.29, 1.82) is 0 Å². The molecule has 1 aliphatic heterocycles. The Labute approximate surface area is 178 Å². The van der Waals surface area contributed by atoms with Crippen molar-refractivity contribution < 1.29 is 13.9 Å². The van der Waals surface area contributed by atoms with Crippen molar-refractivity contribution in [1.82, 2.24) is 4.90 Å². The van der Waals surface area contributed by atoms with E-state index in [1.54, 1.807) is 6.07 Å². The van der Waals surface area contributed by atoms with Crippen LogP contribution in [0.2, 0.25) is 0 Å². The molecule has 30 heavy (non-hydrogen) atoms. The van der Waals surface area contributed by atoms with E-state index in [1.165, 1.54) is 12.1 Å². The van der Waals surface area contributed by atoms with Gasteiger partial charge in [-0.2, -0.15) is 0 Å².